The van der Waals surface area contributed by atoms with Crippen LogP contribution in [0.2, 0.25) is 0 Å². The molecular formula is C15H14FN5O2S2. The molecule has 2 heterocycles. The Morgan fingerprint density at radius 1 is 1.20 bits per heavy atom. The van der Waals surface area contributed by atoms with Crippen molar-refractivity contribution in [1.29, 1.82) is 0 Å². The number of rotatable bonds is 5. The maximum Gasteiger partial charge on any atom is 0.250 e. The molecule has 0 amide bonds. The van der Waals surface area contributed by atoms with Crippen molar-refractivity contribution in [3.05, 3.63) is 41.3 Å². The van der Waals surface area contributed by atoms with Crippen LogP contribution in [0.1, 0.15) is 30.1 Å². The highest BCUT2D eigenvalue weighted by Crippen LogP contribution is 2.41. The number of hydrogen-bond donors (Lipinski definition) is 0. The molecule has 0 atom stereocenters. The van der Waals surface area contributed by atoms with Crippen LogP contribution in [-0.2, 0) is 15.6 Å². The van der Waals surface area contributed by atoms with E-state index >= 15 is 0 Å². The Bertz CT molecular complexity index is 1020. The molecule has 1 aliphatic rings. The van der Waals surface area contributed by atoms with Gasteiger partial charge in [-0.1, -0.05) is 16.6 Å². The van der Waals surface area contributed by atoms with Crippen molar-refractivity contribution in [2.45, 2.75) is 36.7 Å². The van der Waals surface area contributed by atoms with Crippen molar-refractivity contribution in [3.63, 3.8) is 0 Å². The number of aryl methyl sites for hydroxylation is 1. The van der Waals surface area contributed by atoms with Gasteiger partial charge in [0, 0.05) is 6.04 Å². The van der Waals surface area contributed by atoms with Crippen LogP contribution in [0.3, 0.4) is 0 Å². The maximum absolute atomic E-state index is 13.0. The van der Waals surface area contributed by atoms with Crippen LogP contribution in [0.4, 0.5) is 4.39 Å². The monoisotopic (exact) mass is 379 g/mol. The molecule has 0 radical (unpaired) electrons. The molecule has 1 aliphatic carbocycles. The Kier molecular flexibility index (Phi) is 3.88. The maximum atomic E-state index is 13.0. The first-order valence-corrected chi connectivity index (χ1v) is 10.1. The van der Waals surface area contributed by atoms with Crippen LogP contribution in [0, 0.1) is 12.7 Å². The average Bonchev–Trinajstić information content (AvgIpc) is 3.16. The summed E-state index contributed by atoms with van der Waals surface area (Å²) in [6.07, 6.45) is 1.77. The number of nitrogens with zero attached hydrogens (tertiary/aromatic N) is 5. The van der Waals surface area contributed by atoms with Crippen LogP contribution in [-0.4, -0.2) is 32.8 Å². The highest BCUT2D eigenvalue weighted by atomic mass is 32.2. The molecule has 10 heteroatoms. The highest BCUT2D eigenvalue weighted by Gasteiger charge is 2.35. The zero-order valence-electron chi connectivity index (χ0n) is 13.3. The SMILES string of the molecule is Cc1nnsc1-c1nnc(S(=O)(=O)Cc2ccc(F)cc2)n1C1CC1. The average molecular weight is 379 g/mol. The summed E-state index contributed by atoms with van der Waals surface area (Å²) < 4.78 is 44.3. The van der Waals surface area contributed by atoms with Crippen LogP contribution in [0.5, 0.6) is 0 Å². The molecule has 7 nitrogen and oxygen atoms in total. The summed E-state index contributed by atoms with van der Waals surface area (Å²) >= 11 is 1.17. The second-order valence-corrected chi connectivity index (χ2v) is 8.62. The van der Waals surface area contributed by atoms with Crippen LogP contribution in [0.15, 0.2) is 29.4 Å². The van der Waals surface area contributed by atoms with Crippen LogP contribution >= 0.6 is 11.5 Å². The summed E-state index contributed by atoms with van der Waals surface area (Å²) in [4.78, 5) is 0.725. The topological polar surface area (TPSA) is 90.6 Å². The van der Waals surface area contributed by atoms with Crippen molar-refractivity contribution in [1.82, 2.24) is 24.4 Å². The van der Waals surface area contributed by atoms with Crippen molar-refractivity contribution < 1.29 is 12.8 Å². The Morgan fingerprint density at radius 3 is 2.52 bits per heavy atom. The molecule has 0 N–H and O–H groups in total. The molecule has 2 aromatic heterocycles. The first kappa shape index (κ1) is 16.3. The summed E-state index contributed by atoms with van der Waals surface area (Å²) in [5.74, 6) is -0.164. The van der Waals surface area contributed by atoms with Gasteiger partial charge in [-0.25, -0.2) is 12.8 Å². The van der Waals surface area contributed by atoms with E-state index in [2.05, 4.69) is 19.8 Å². The molecule has 0 saturated heterocycles. The predicted octanol–water partition coefficient (Wildman–Crippen LogP) is 2.55. The lowest BCUT2D eigenvalue weighted by Gasteiger charge is -2.09. The van der Waals surface area contributed by atoms with Gasteiger partial charge in [-0.2, -0.15) is 0 Å². The van der Waals surface area contributed by atoms with Gasteiger partial charge in [0.2, 0.25) is 9.84 Å². The summed E-state index contributed by atoms with van der Waals surface area (Å²) in [5.41, 5.74) is 1.20. The third-order valence-electron chi connectivity index (χ3n) is 3.98. The van der Waals surface area contributed by atoms with Gasteiger partial charge in [0.1, 0.15) is 10.7 Å². The van der Waals surface area contributed by atoms with Gasteiger partial charge in [-0.3, -0.25) is 4.57 Å². The molecule has 1 saturated carbocycles. The normalized spacial score (nSPS) is 14.8. The first-order valence-electron chi connectivity index (χ1n) is 7.67. The van der Waals surface area contributed by atoms with E-state index in [-0.39, 0.29) is 17.0 Å². The highest BCUT2D eigenvalue weighted by molar-refractivity contribution is 7.90. The first-order chi connectivity index (χ1) is 12.0. The van der Waals surface area contributed by atoms with Crippen molar-refractivity contribution in [3.8, 4) is 10.7 Å². The van der Waals surface area contributed by atoms with E-state index in [0.29, 0.717) is 17.1 Å². The lowest BCUT2D eigenvalue weighted by atomic mass is 10.2. The van der Waals surface area contributed by atoms with Crippen molar-refractivity contribution in [2.75, 3.05) is 0 Å². The molecule has 0 bridgehead atoms. The van der Waals surface area contributed by atoms with Gasteiger partial charge in [0.05, 0.1) is 11.4 Å². The third kappa shape index (κ3) is 3.07. The molecular weight excluding hydrogens is 365 g/mol. The standard InChI is InChI=1S/C15H14FN5O2S2/c1-9-13(24-20-17-9)14-18-19-15(21(14)12-6-7-12)25(22,23)8-10-2-4-11(16)5-3-10/h2-5,12H,6-8H2,1H3. The zero-order chi connectivity index (χ0) is 17.6. The summed E-state index contributed by atoms with van der Waals surface area (Å²) in [6.45, 7) is 1.80. The largest absolute Gasteiger partial charge is 0.294 e. The van der Waals surface area contributed by atoms with Gasteiger partial charge in [-0.15, -0.1) is 15.3 Å². The van der Waals surface area contributed by atoms with Gasteiger partial charge < -0.3 is 0 Å². The molecule has 1 fully saturated rings. The Hall–Kier alpha value is -2.20. The summed E-state index contributed by atoms with van der Waals surface area (Å²) in [7, 11) is -3.71. The number of benzene rings is 1. The van der Waals surface area contributed by atoms with Gasteiger partial charge in [-0.05, 0) is 49.0 Å². The second kappa shape index (κ2) is 5.95. The van der Waals surface area contributed by atoms with Crippen molar-refractivity contribution >= 4 is 21.4 Å². The Morgan fingerprint density at radius 2 is 1.92 bits per heavy atom. The van der Waals surface area contributed by atoms with Gasteiger partial charge in [0.25, 0.3) is 5.16 Å². The second-order valence-electron chi connectivity index (χ2n) is 5.98. The van der Waals surface area contributed by atoms with Gasteiger partial charge in [0.15, 0.2) is 5.82 Å². The fraction of sp³-hybridized carbons (Fsp3) is 0.333. The molecule has 0 aliphatic heterocycles. The van der Waals surface area contributed by atoms with E-state index in [1.54, 1.807) is 11.5 Å². The zero-order valence-corrected chi connectivity index (χ0v) is 14.9. The molecule has 0 spiro atoms. The number of halogens is 1. The number of aromatic nitrogens is 5. The predicted molar refractivity (Wildman–Crippen MR) is 89.2 cm³/mol. The van der Waals surface area contributed by atoms with Crippen molar-refractivity contribution in [2.24, 2.45) is 0 Å². The molecule has 0 unspecified atom stereocenters. The fourth-order valence-corrected chi connectivity index (χ4v) is 4.71. The minimum absolute atomic E-state index is 0.0536. The molecule has 3 aromatic rings. The van der Waals surface area contributed by atoms with E-state index in [9.17, 15) is 12.8 Å². The number of sulfone groups is 1. The molecule has 4 rings (SSSR count). The minimum atomic E-state index is -3.71. The quantitative estimate of drug-likeness (QED) is 0.677. The Balaban J connectivity index is 1.76. The van der Waals surface area contributed by atoms with E-state index in [4.69, 9.17) is 0 Å². The molecule has 25 heavy (non-hydrogen) atoms. The van der Waals surface area contributed by atoms with Crippen LogP contribution in [0.25, 0.3) is 10.7 Å². The van der Waals surface area contributed by atoms with Crippen LogP contribution < -0.4 is 0 Å². The molecule has 1 aromatic carbocycles. The Labute approximate surface area is 147 Å². The number of hydrogen-bond acceptors (Lipinski definition) is 7. The lowest BCUT2D eigenvalue weighted by Crippen LogP contribution is -2.13. The fourth-order valence-electron chi connectivity index (χ4n) is 2.61. The lowest BCUT2D eigenvalue weighted by molar-refractivity contribution is 0.565. The van der Waals surface area contributed by atoms with E-state index in [1.165, 1.54) is 35.8 Å². The van der Waals surface area contributed by atoms with E-state index < -0.39 is 15.7 Å². The third-order valence-corrected chi connectivity index (χ3v) is 6.35. The summed E-state index contributed by atoms with van der Waals surface area (Å²) in [5, 5.41) is 12.0. The minimum Gasteiger partial charge on any atom is -0.294 e. The summed E-state index contributed by atoms with van der Waals surface area (Å²) in [6, 6.07) is 5.48. The van der Waals surface area contributed by atoms with E-state index in [0.717, 1.165) is 17.7 Å². The van der Waals surface area contributed by atoms with Gasteiger partial charge >= 0.3 is 0 Å². The molecule has 130 valence electrons. The van der Waals surface area contributed by atoms with E-state index in [1.807, 2.05) is 0 Å². The smallest absolute Gasteiger partial charge is 0.250 e.